The highest BCUT2D eigenvalue weighted by molar-refractivity contribution is 5.70. The van der Waals surface area contributed by atoms with Crippen molar-refractivity contribution in [2.45, 2.75) is 33.1 Å². The Morgan fingerprint density at radius 1 is 1.50 bits per heavy atom. The quantitative estimate of drug-likeness (QED) is 0.296. The lowest BCUT2D eigenvalue weighted by Crippen LogP contribution is -2.01. The molecule has 0 rings (SSSR count). The molecule has 0 heterocycles. The van der Waals surface area contributed by atoms with Crippen molar-refractivity contribution in [1.29, 1.82) is 0 Å². The summed E-state index contributed by atoms with van der Waals surface area (Å²) in [6.45, 7) is 3.52. The highest BCUT2D eigenvalue weighted by atomic mass is 16.2. The SMILES string of the molecule is C[N+](C)=CCCC[13CH3].[13CH3][13C](N)=O. The van der Waals surface area contributed by atoms with Crippen LogP contribution in [0.25, 0.3) is 0 Å². The topological polar surface area (TPSA) is 46.1 Å². The van der Waals surface area contributed by atoms with Gasteiger partial charge in [0.25, 0.3) is 0 Å². The van der Waals surface area contributed by atoms with Crippen molar-refractivity contribution in [2.75, 3.05) is 14.1 Å². The number of nitrogens with two attached hydrogens (primary N) is 1. The van der Waals surface area contributed by atoms with Crippen LogP contribution in [-0.4, -0.2) is 30.8 Å². The highest BCUT2D eigenvalue weighted by Crippen LogP contribution is 1.88. The first-order valence-electron chi connectivity index (χ1n) is 4.26. The highest BCUT2D eigenvalue weighted by Gasteiger charge is 1.82. The molecule has 0 aromatic heterocycles. The number of carbonyl (C=O) groups excluding carboxylic acids is 1. The molecule has 0 aromatic rings. The first-order chi connectivity index (χ1) is 5.50. The third-order valence-electron chi connectivity index (χ3n) is 1.05. The number of nitrogens with zero attached hydrogens (tertiary/aromatic N) is 1. The summed E-state index contributed by atoms with van der Waals surface area (Å²) in [4.78, 5) is 9.22. The number of primary amides is 1. The van der Waals surface area contributed by atoms with E-state index < -0.39 is 0 Å². The van der Waals surface area contributed by atoms with Gasteiger partial charge >= 0.3 is 0 Å². The average molecular weight is 176 g/mol. The summed E-state index contributed by atoms with van der Waals surface area (Å²) in [7, 11) is 4.13. The number of hydrogen-bond acceptors (Lipinski definition) is 1. The maximum Gasteiger partial charge on any atom is 0.214 e. The minimum atomic E-state index is -0.333. The standard InChI is InChI=1S/C7H16N.C2H5NO/c1-4-5-6-7-8(2)3;1-2(3)4/h7H,4-6H2,1-3H3;1H3,(H2,3,4)/q+1;/i1+1;1+1,2+1. The summed E-state index contributed by atoms with van der Waals surface area (Å²) >= 11 is 0. The van der Waals surface area contributed by atoms with Crippen molar-refractivity contribution < 1.29 is 9.37 Å². The fourth-order valence-electron chi connectivity index (χ4n) is 0.554. The second kappa shape index (κ2) is 10.1. The Labute approximate surface area is 75.3 Å². The molecule has 0 radical (unpaired) electrons. The van der Waals surface area contributed by atoms with Gasteiger partial charge in [-0.25, -0.2) is 4.58 Å². The molecular formula is C9H21N2O+. The smallest absolute Gasteiger partial charge is 0.214 e. The Balaban J connectivity index is 0. The lowest BCUT2D eigenvalue weighted by molar-refractivity contribution is -0.460. The van der Waals surface area contributed by atoms with E-state index in [-0.39, 0.29) is 5.91 Å². The maximum absolute atomic E-state index is 9.22. The Kier molecular flexibility index (Phi) is 11.6. The van der Waals surface area contributed by atoms with Crippen molar-refractivity contribution in [3.05, 3.63) is 0 Å². The van der Waals surface area contributed by atoms with E-state index in [1.807, 2.05) is 0 Å². The van der Waals surface area contributed by atoms with Crippen LogP contribution in [0.4, 0.5) is 0 Å². The molecule has 0 aliphatic heterocycles. The van der Waals surface area contributed by atoms with Gasteiger partial charge in [0.05, 0.1) is 0 Å². The van der Waals surface area contributed by atoms with Gasteiger partial charge in [-0.3, -0.25) is 4.79 Å². The van der Waals surface area contributed by atoms with E-state index in [0.717, 1.165) is 0 Å². The molecule has 3 heteroatoms. The Morgan fingerprint density at radius 3 is 2.17 bits per heavy atom. The molecule has 0 spiro atoms. The van der Waals surface area contributed by atoms with Crippen molar-refractivity contribution >= 4 is 12.1 Å². The van der Waals surface area contributed by atoms with Gasteiger partial charge < -0.3 is 5.73 Å². The van der Waals surface area contributed by atoms with E-state index in [1.54, 1.807) is 0 Å². The normalized spacial score (nSPS) is 8.00. The zero-order valence-corrected chi connectivity index (χ0v) is 8.63. The minimum absolute atomic E-state index is 0.333. The van der Waals surface area contributed by atoms with Crippen LogP contribution in [0.5, 0.6) is 0 Å². The van der Waals surface area contributed by atoms with Crippen LogP contribution in [-0.2, 0) is 4.79 Å². The molecule has 0 saturated carbocycles. The van der Waals surface area contributed by atoms with Crippen molar-refractivity contribution in [3.8, 4) is 0 Å². The number of carbonyl (C=O) groups is 1. The summed E-state index contributed by atoms with van der Waals surface area (Å²) < 4.78 is 2.11. The molecule has 3 nitrogen and oxygen atoms in total. The Hall–Kier alpha value is -0.860. The molecule has 0 aliphatic carbocycles. The van der Waals surface area contributed by atoms with Crippen LogP contribution < -0.4 is 5.73 Å². The predicted octanol–water partition coefficient (Wildman–Crippen LogP) is 1.01. The molecule has 0 fully saturated rings. The van der Waals surface area contributed by atoms with Crippen LogP contribution in [0.1, 0.15) is 33.1 Å². The van der Waals surface area contributed by atoms with Crippen LogP contribution >= 0.6 is 0 Å². The number of rotatable bonds is 3. The Morgan fingerprint density at radius 2 is 1.92 bits per heavy atom. The summed E-state index contributed by atoms with van der Waals surface area (Å²) in [5.74, 6) is -0.333. The summed E-state index contributed by atoms with van der Waals surface area (Å²) in [5, 5.41) is 0. The molecule has 1 amide bonds. The summed E-state index contributed by atoms with van der Waals surface area (Å²) in [6.07, 6.45) is 6.05. The van der Waals surface area contributed by atoms with E-state index in [1.165, 1.54) is 26.2 Å². The number of unbranched alkanes of at least 4 members (excludes halogenated alkanes) is 2. The van der Waals surface area contributed by atoms with E-state index in [0.29, 0.717) is 0 Å². The van der Waals surface area contributed by atoms with Gasteiger partial charge in [-0.2, -0.15) is 0 Å². The van der Waals surface area contributed by atoms with Crippen molar-refractivity contribution in [3.63, 3.8) is 0 Å². The van der Waals surface area contributed by atoms with Gasteiger partial charge in [0.2, 0.25) is 5.91 Å². The zero-order chi connectivity index (χ0) is 9.98. The first kappa shape index (κ1) is 13.7. The summed E-state index contributed by atoms with van der Waals surface area (Å²) in [6, 6.07) is 0. The predicted molar refractivity (Wildman–Crippen MR) is 52.6 cm³/mol. The third kappa shape index (κ3) is 35.3. The molecule has 2 N–H and O–H groups in total. The molecule has 0 atom stereocenters. The van der Waals surface area contributed by atoms with Gasteiger partial charge in [-0.1, -0.05) is 13.3 Å². The van der Waals surface area contributed by atoms with E-state index in [2.05, 4.69) is 37.5 Å². The van der Waals surface area contributed by atoms with Gasteiger partial charge in [0.1, 0.15) is 20.3 Å². The lowest BCUT2D eigenvalue weighted by Gasteiger charge is -1.85. The molecule has 0 aliphatic rings. The Bertz CT molecular complexity index is 133. The minimum Gasteiger partial charge on any atom is -0.370 e. The van der Waals surface area contributed by atoms with Crippen molar-refractivity contribution in [2.24, 2.45) is 5.73 Å². The van der Waals surface area contributed by atoms with Crippen LogP contribution in [0, 0.1) is 0 Å². The molecule has 72 valence electrons. The van der Waals surface area contributed by atoms with Gasteiger partial charge in [0, 0.05) is 13.3 Å². The fraction of sp³-hybridized carbons (Fsp3) is 0.778. The average Bonchev–Trinajstić information content (AvgIpc) is 1.86. The molecule has 0 unspecified atom stereocenters. The largest absolute Gasteiger partial charge is 0.370 e. The van der Waals surface area contributed by atoms with E-state index >= 15 is 0 Å². The third-order valence-corrected chi connectivity index (χ3v) is 1.05. The van der Waals surface area contributed by atoms with Gasteiger partial charge in [0.15, 0.2) is 0 Å². The first-order valence-corrected chi connectivity index (χ1v) is 4.26. The zero-order valence-electron chi connectivity index (χ0n) is 8.63. The number of amides is 1. The molecule has 0 bridgehead atoms. The van der Waals surface area contributed by atoms with E-state index in [9.17, 15) is 4.79 Å². The number of hydrogen-bond donors (Lipinski definition) is 1. The van der Waals surface area contributed by atoms with Gasteiger partial charge in [-0.05, 0) is 6.42 Å². The van der Waals surface area contributed by atoms with Crippen LogP contribution in [0.3, 0.4) is 0 Å². The molecular weight excluding hydrogens is 155 g/mol. The second-order valence-corrected chi connectivity index (χ2v) is 2.90. The lowest BCUT2D eigenvalue weighted by atomic mass is 10.3. The monoisotopic (exact) mass is 176 g/mol. The fourth-order valence-corrected chi connectivity index (χ4v) is 0.554. The maximum atomic E-state index is 9.22. The molecule has 0 saturated heterocycles. The summed E-state index contributed by atoms with van der Waals surface area (Å²) in [5.41, 5.74) is 4.47. The van der Waals surface area contributed by atoms with Crippen LogP contribution in [0.2, 0.25) is 0 Å². The van der Waals surface area contributed by atoms with E-state index in [4.69, 9.17) is 0 Å². The van der Waals surface area contributed by atoms with Crippen molar-refractivity contribution in [1.82, 2.24) is 0 Å². The molecule has 12 heavy (non-hydrogen) atoms. The van der Waals surface area contributed by atoms with Gasteiger partial charge in [-0.15, -0.1) is 0 Å². The molecule has 0 aromatic carbocycles. The van der Waals surface area contributed by atoms with Crippen LogP contribution in [0.15, 0.2) is 0 Å². The second-order valence-electron chi connectivity index (χ2n) is 2.90.